The van der Waals surface area contributed by atoms with Crippen LogP contribution < -0.4 is 16.5 Å². The first kappa shape index (κ1) is 15.6. The number of fused-ring (bicyclic) bond motifs is 1. The molecule has 26 heavy (non-hydrogen) atoms. The third-order valence-electron chi connectivity index (χ3n) is 3.89. The molecule has 0 saturated heterocycles. The number of rotatable bonds is 3. The van der Waals surface area contributed by atoms with E-state index in [2.05, 4.69) is 25.0 Å². The number of nitrogens with one attached hydrogen (secondary N) is 3. The number of nitrogens with zero attached hydrogens (tertiary/aromatic N) is 1. The predicted octanol–water partition coefficient (Wildman–Crippen LogP) is 2.12. The van der Waals surface area contributed by atoms with Crippen molar-refractivity contribution >= 4 is 22.5 Å². The van der Waals surface area contributed by atoms with Crippen LogP contribution in [-0.2, 0) is 0 Å². The first-order valence-corrected chi connectivity index (χ1v) is 7.70. The van der Waals surface area contributed by atoms with Crippen molar-refractivity contribution in [2.45, 2.75) is 0 Å². The van der Waals surface area contributed by atoms with Gasteiger partial charge in [-0.1, -0.05) is 17.3 Å². The van der Waals surface area contributed by atoms with Crippen molar-refractivity contribution in [3.63, 3.8) is 0 Å². The highest BCUT2D eigenvalue weighted by Crippen LogP contribution is 2.17. The molecule has 3 N–H and O–H groups in total. The number of aromatic amines is 2. The van der Waals surface area contributed by atoms with Crippen molar-refractivity contribution in [2.75, 3.05) is 5.32 Å². The molecule has 128 valence electrons. The van der Waals surface area contributed by atoms with Gasteiger partial charge in [0.05, 0.1) is 0 Å². The highest BCUT2D eigenvalue weighted by molar-refractivity contribution is 6.05. The number of hydrogen-bond donors (Lipinski definition) is 3. The summed E-state index contributed by atoms with van der Waals surface area (Å²) in [4.78, 5) is 41.3. The number of pyridine rings is 1. The monoisotopic (exact) mass is 348 g/mol. The lowest BCUT2D eigenvalue weighted by Gasteiger charge is -2.06. The second-order valence-electron chi connectivity index (χ2n) is 5.55. The number of carbonyl (C=O) groups is 1. The smallest absolute Gasteiger partial charge is 0.360 e. The summed E-state index contributed by atoms with van der Waals surface area (Å²) in [7, 11) is 0. The Bertz CT molecular complexity index is 1220. The summed E-state index contributed by atoms with van der Waals surface area (Å²) in [5.74, 6) is -0.869. The van der Waals surface area contributed by atoms with Crippen LogP contribution in [0.1, 0.15) is 10.4 Å². The lowest BCUT2D eigenvalue weighted by atomic mass is 10.1. The van der Waals surface area contributed by atoms with Crippen LogP contribution in [0.15, 0.2) is 68.8 Å². The molecule has 0 bridgehead atoms. The number of hydrogen-bond acceptors (Lipinski definition) is 5. The number of benzene rings is 2. The minimum atomic E-state index is -0.645. The van der Waals surface area contributed by atoms with Crippen molar-refractivity contribution in [3.8, 4) is 11.4 Å². The Morgan fingerprint density at radius 3 is 2.54 bits per heavy atom. The fraction of sp³-hybridized carbons (Fsp3) is 0. The molecular formula is C18H12N4O4. The van der Waals surface area contributed by atoms with Crippen molar-refractivity contribution in [1.82, 2.24) is 15.1 Å². The van der Waals surface area contributed by atoms with Gasteiger partial charge in [-0.15, -0.1) is 0 Å². The number of amides is 1. The molecule has 0 aliphatic rings. The number of aromatic nitrogens is 3. The topological polar surface area (TPSA) is 121 Å². The zero-order valence-corrected chi connectivity index (χ0v) is 13.3. The van der Waals surface area contributed by atoms with E-state index in [4.69, 9.17) is 0 Å². The van der Waals surface area contributed by atoms with Crippen LogP contribution in [0.2, 0.25) is 0 Å². The van der Waals surface area contributed by atoms with Gasteiger partial charge in [-0.3, -0.25) is 19.1 Å². The first-order chi connectivity index (χ1) is 12.6. The van der Waals surface area contributed by atoms with Gasteiger partial charge in [-0.05, 0) is 36.4 Å². The van der Waals surface area contributed by atoms with Gasteiger partial charge in [0, 0.05) is 28.4 Å². The van der Waals surface area contributed by atoms with E-state index in [0.717, 1.165) is 0 Å². The van der Waals surface area contributed by atoms with E-state index in [9.17, 15) is 14.4 Å². The Hall–Kier alpha value is -3.94. The van der Waals surface area contributed by atoms with Crippen molar-refractivity contribution in [3.05, 3.63) is 81.1 Å². The lowest BCUT2D eigenvalue weighted by Crippen LogP contribution is -2.21. The van der Waals surface area contributed by atoms with E-state index >= 15 is 0 Å². The lowest BCUT2D eigenvalue weighted by molar-refractivity contribution is 0.102. The van der Waals surface area contributed by atoms with Gasteiger partial charge < -0.3 is 10.3 Å². The average molecular weight is 348 g/mol. The van der Waals surface area contributed by atoms with Crippen LogP contribution in [0.25, 0.3) is 22.3 Å². The van der Waals surface area contributed by atoms with Gasteiger partial charge >= 0.3 is 5.76 Å². The second kappa shape index (κ2) is 6.17. The van der Waals surface area contributed by atoms with Crippen LogP contribution in [0, 0.1) is 0 Å². The first-order valence-electron chi connectivity index (χ1n) is 7.70. The summed E-state index contributed by atoms with van der Waals surface area (Å²) in [6.07, 6.45) is 1.40. The van der Waals surface area contributed by atoms with Crippen LogP contribution in [0.5, 0.6) is 0 Å². The fourth-order valence-electron chi connectivity index (χ4n) is 2.60. The molecule has 2 aromatic heterocycles. The number of carbonyl (C=O) groups excluding carboxylic acids is 1. The molecule has 0 atom stereocenters. The van der Waals surface area contributed by atoms with E-state index in [1.54, 1.807) is 42.5 Å². The zero-order valence-electron chi connectivity index (χ0n) is 13.3. The Kier molecular flexibility index (Phi) is 3.70. The minimum absolute atomic E-state index is 0.0219. The molecule has 4 rings (SSSR count). The largest absolute Gasteiger partial charge is 0.439 e. The molecule has 2 aromatic carbocycles. The van der Waals surface area contributed by atoms with Gasteiger partial charge in [0.25, 0.3) is 5.91 Å². The molecule has 0 aliphatic carbocycles. The van der Waals surface area contributed by atoms with Crippen LogP contribution in [-0.4, -0.2) is 21.0 Å². The minimum Gasteiger partial charge on any atom is -0.360 e. The number of H-pyrrole nitrogens is 2. The van der Waals surface area contributed by atoms with Crippen molar-refractivity contribution in [1.29, 1.82) is 0 Å². The molecule has 8 heteroatoms. The molecule has 0 radical (unpaired) electrons. The van der Waals surface area contributed by atoms with E-state index in [1.165, 1.54) is 6.20 Å². The Labute approximate surface area is 145 Å². The van der Waals surface area contributed by atoms with Crippen LogP contribution in [0.4, 0.5) is 5.69 Å². The highest BCUT2D eigenvalue weighted by atomic mass is 16.5. The van der Waals surface area contributed by atoms with Gasteiger partial charge in [-0.25, -0.2) is 4.79 Å². The molecule has 0 unspecified atom stereocenters. The van der Waals surface area contributed by atoms with Crippen molar-refractivity contribution in [2.24, 2.45) is 0 Å². The quantitative estimate of drug-likeness (QED) is 0.524. The van der Waals surface area contributed by atoms with Crippen LogP contribution in [0.3, 0.4) is 0 Å². The molecule has 0 fully saturated rings. The van der Waals surface area contributed by atoms with Gasteiger partial charge in [-0.2, -0.15) is 0 Å². The summed E-state index contributed by atoms with van der Waals surface area (Å²) < 4.78 is 4.45. The van der Waals surface area contributed by atoms with Gasteiger partial charge in [0.15, 0.2) is 5.82 Å². The number of para-hydroxylation sites is 1. The van der Waals surface area contributed by atoms with Gasteiger partial charge in [0.2, 0.25) is 5.43 Å². The summed E-state index contributed by atoms with van der Waals surface area (Å²) in [6.45, 7) is 0. The molecule has 1 amide bonds. The predicted molar refractivity (Wildman–Crippen MR) is 95.1 cm³/mol. The SMILES string of the molecule is O=C(Nc1ccc(-c2noc(=O)[nH]2)cc1)c1c[nH]c2ccccc2c1=O. The maximum absolute atomic E-state index is 12.5. The molecule has 0 aliphatic heterocycles. The normalized spacial score (nSPS) is 10.8. The standard InChI is InChI=1S/C18H12N4O4/c23-15-12-3-1-2-4-14(12)19-9-13(15)17(24)20-11-7-5-10(6-8-11)16-21-18(25)26-22-16/h1-9H,(H,19,23)(H,20,24)(H,21,22,25). The number of anilines is 1. The fourth-order valence-corrected chi connectivity index (χ4v) is 2.60. The summed E-state index contributed by atoms with van der Waals surface area (Å²) in [5.41, 5.74) is 1.47. The van der Waals surface area contributed by atoms with E-state index < -0.39 is 11.7 Å². The van der Waals surface area contributed by atoms with Crippen molar-refractivity contribution < 1.29 is 9.32 Å². The molecule has 0 saturated carbocycles. The highest BCUT2D eigenvalue weighted by Gasteiger charge is 2.13. The zero-order chi connectivity index (χ0) is 18.1. The molecule has 8 nitrogen and oxygen atoms in total. The maximum atomic E-state index is 12.5. The summed E-state index contributed by atoms with van der Waals surface area (Å²) in [5, 5.41) is 6.71. The maximum Gasteiger partial charge on any atom is 0.439 e. The summed E-state index contributed by atoms with van der Waals surface area (Å²) in [6, 6.07) is 13.6. The van der Waals surface area contributed by atoms with E-state index in [0.29, 0.717) is 28.0 Å². The Morgan fingerprint density at radius 2 is 1.81 bits per heavy atom. The Balaban J connectivity index is 1.59. The average Bonchev–Trinajstić information content (AvgIpc) is 3.09. The third-order valence-corrected chi connectivity index (χ3v) is 3.89. The molecule has 2 heterocycles. The third kappa shape index (κ3) is 2.80. The molecule has 0 spiro atoms. The molecular weight excluding hydrogens is 336 g/mol. The van der Waals surface area contributed by atoms with Gasteiger partial charge in [0.1, 0.15) is 5.56 Å². The van der Waals surface area contributed by atoms with Crippen LogP contribution >= 0.6 is 0 Å². The second-order valence-corrected chi connectivity index (χ2v) is 5.55. The van der Waals surface area contributed by atoms with E-state index in [-0.39, 0.29) is 11.0 Å². The summed E-state index contributed by atoms with van der Waals surface area (Å²) >= 11 is 0. The van der Waals surface area contributed by atoms with E-state index in [1.807, 2.05) is 6.07 Å². The Morgan fingerprint density at radius 1 is 1.04 bits per heavy atom. The molecule has 4 aromatic rings.